The molecule has 0 saturated heterocycles. The van der Waals surface area contributed by atoms with Crippen molar-refractivity contribution in [2.24, 2.45) is 0 Å². The Balaban J connectivity index is 2.04. The van der Waals surface area contributed by atoms with Crippen molar-refractivity contribution in [3.63, 3.8) is 0 Å². The largest absolute Gasteiger partial charge is 0.495 e. The van der Waals surface area contributed by atoms with E-state index < -0.39 is 10.0 Å². The van der Waals surface area contributed by atoms with E-state index in [2.05, 4.69) is 9.71 Å². The van der Waals surface area contributed by atoms with Gasteiger partial charge in [-0.05, 0) is 36.2 Å². The monoisotopic (exact) mass is 314 g/mol. The molecule has 2 N–H and O–H groups in total. The number of ether oxygens (including phenoxy) is 1. The van der Waals surface area contributed by atoms with Crippen molar-refractivity contribution in [2.45, 2.75) is 11.3 Å². The van der Waals surface area contributed by atoms with E-state index in [9.17, 15) is 8.42 Å². The highest BCUT2D eigenvalue weighted by Crippen LogP contribution is 2.26. The predicted octanol–water partition coefficient (Wildman–Crippen LogP) is 2.20. The lowest BCUT2D eigenvalue weighted by Crippen LogP contribution is -2.25. The summed E-state index contributed by atoms with van der Waals surface area (Å²) in [6, 6.07) is 6.27. The number of benzene rings is 1. The summed E-state index contributed by atoms with van der Waals surface area (Å²) in [5.74, 6) is 0.443. The second-order valence-electron chi connectivity index (χ2n) is 4.16. The van der Waals surface area contributed by atoms with Crippen LogP contribution in [-0.4, -0.2) is 27.1 Å². The van der Waals surface area contributed by atoms with E-state index in [1.807, 2.05) is 12.3 Å². The molecule has 0 amide bonds. The van der Waals surface area contributed by atoms with Crippen LogP contribution in [0.1, 0.15) is 5.56 Å². The second kappa shape index (κ2) is 6.30. The highest BCUT2D eigenvalue weighted by atomic mass is 35.5. The lowest BCUT2D eigenvalue weighted by Gasteiger charge is -2.08. The van der Waals surface area contributed by atoms with Crippen molar-refractivity contribution in [3.8, 4) is 5.75 Å². The Labute approximate surface area is 123 Å². The van der Waals surface area contributed by atoms with Gasteiger partial charge in [0.1, 0.15) is 5.75 Å². The van der Waals surface area contributed by atoms with Crippen molar-refractivity contribution in [1.82, 2.24) is 9.71 Å². The number of sulfonamides is 1. The molecule has 0 spiro atoms. The number of nitrogens with one attached hydrogen (secondary N) is 2. The fraction of sp³-hybridized carbons (Fsp3) is 0.231. The summed E-state index contributed by atoms with van der Waals surface area (Å²) in [7, 11) is -2.08. The molecule has 2 aromatic rings. The topological polar surface area (TPSA) is 71.2 Å². The van der Waals surface area contributed by atoms with Crippen LogP contribution in [0, 0.1) is 0 Å². The Bertz CT molecular complexity index is 669. The zero-order valence-corrected chi connectivity index (χ0v) is 12.5. The Hall–Kier alpha value is -1.50. The third-order valence-corrected chi connectivity index (χ3v) is 4.56. The number of halogens is 1. The molecule has 0 saturated carbocycles. The summed E-state index contributed by atoms with van der Waals surface area (Å²) < 4.78 is 31.7. The van der Waals surface area contributed by atoms with E-state index >= 15 is 0 Å². The van der Waals surface area contributed by atoms with Crippen molar-refractivity contribution in [3.05, 3.63) is 47.2 Å². The SMILES string of the molecule is COc1ccc(S(=O)(=O)NCCc2cc[nH]c2)cc1Cl. The summed E-state index contributed by atoms with van der Waals surface area (Å²) in [5, 5.41) is 0.265. The molecule has 0 aliphatic heterocycles. The molecule has 0 bridgehead atoms. The normalized spacial score (nSPS) is 11.5. The number of aromatic nitrogens is 1. The van der Waals surface area contributed by atoms with Crippen molar-refractivity contribution in [1.29, 1.82) is 0 Å². The molecule has 20 heavy (non-hydrogen) atoms. The minimum absolute atomic E-state index is 0.123. The Morgan fingerprint density at radius 1 is 1.35 bits per heavy atom. The predicted molar refractivity (Wildman–Crippen MR) is 77.7 cm³/mol. The van der Waals surface area contributed by atoms with Crippen molar-refractivity contribution < 1.29 is 13.2 Å². The standard InChI is InChI=1S/C13H15ClN2O3S/c1-19-13-3-2-11(8-12(13)14)20(17,18)16-7-5-10-4-6-15-9-10/h2-4,6,8-9,15-16H,5,7H2,1H3. The maximum atomic E-state index is 12.1. The van der Waals surface area contributed by atoms with Gasteiger partial charge in [-0.15, -0.1) is 0 Å². The molecule has 1 aromatic heterocycles. The average Bonchev–Trinajstić information content (AvgIpc) is 2.91. The summed E-state index contributed by atoms with van der Waals surface area (Å²) in [6.45, 7) is 0.323. The first-order chi connectivity index (χ1) is 9.53. The molecule has 0 aliphatic carbocycles. The van der Waals surface area contributed by atoms with Crippen molar-refractivity contribution in [2.75, 3.05) is 13.7 Å². The van der Waals surface area contributed by atoms with Gasteiger partial charge in [0.2, 0.25) is 10.0 Å². The van der Waals surface area contributed by atoms with Gasteiger partial charge in [-0.3, -0.25) is 0 Å². The lowest BCUT2D eigenvalue weighted by molar-refractivity contribution is 0.414. The van der Waals surface area contributed by atoms with Gasteiger partial charge in [0.25, 0.3) is 0 Å². The van der Waals surface area contributed by atoms with Crippen LogP contribution in [0.5, 0.6) is 5.75 Å². The number of hydrogen-bond acceptors (Lipinski definition) is 3. The number of rotatable bonds is 6. The molecule has 0 atom stereocenters. The van der Waals surface area contributed by atoms with Crippen LogP contribution in [0.3, 0.4) is 0 Å². The Kier molecular flexibility index (Phi) is 4.69. The molecule has 0 radical (unpaired) electrons. The van der Waals surface area contributed by atoms with Crippen LogP contribution in [-0.2, 0) is 16.4 Å². The maximum absolute atomic E-state index is 12.1. The fourth-order valence-corrected chi connectivity index (χ4v) is 3.12. The first-order valence-corrected chi connectivity index (χ1v) is 7.84. The van der Waals surface area contributed by atoms with E-state index in [4.69, 9.17) is 16.3 Å². The van der Waals surface area contributed by atoms with E-state index in [1.54, 1.807) is 6.20 Å². The van der Waals surface area contributed by atoms with Gasteiger partial charge < -0.3 is 9.72 Å². The van der Waals surface area contributed by atoms with Crippen LogP contribution in [0.4, 0.5) is 0 Å². The van der Waals surface area contributed by atoms with Crippen LogP contribution in [0.25, 0.3) is 0 Å². The molecule has 0 fully saturated rings. The van der Waals surface area contributed by atoms with E-state index in [1.165, 1.54) is 25.3 Å². The second-order valence-corrected chi connectivity index (χ2v) is 6.34. The van der Waals surface area contributed by atoms with E-state index in [-0.39, 0.29) is 9.92 Å². The van der Waals surface area contributed by atoms with Gasteiger partial charge in [-0.2, -0.15) is 0 Å². The summed E-state index contributed by atoms with van der Waals surface area (Å²) >= 11 is 5.93. The molecular formula is C13H15ClN2O3S. The number of H-pyrrole nitrogens is 1. The average molecular weight is 315 g/mol. The third-order valence-electron chi connectivity index (χ3n) is 2.80. The smallest absolute Gasteiger partial charge is 0.240 e. The van der Waals surface area contributed by atoms with Gasteiger partial charge in [-0.25, -0.2) is 13.1 Å². The molecule has 1 aromatic carbocycles. The number of methoxy groups -OCH3 is 1. The van der Waals surface area contributed by atoms with Crippen molar-refractivity contribution >= 4 is 21.6 Å². The number of hydrogen-bond donors (Lipinski definition) is 2. The van der Waals surface area contributed by atoms with Gasteiger partial charge in [0, 0.05) is 18.9 Å². The zero-order valence-electron chi connectivity index (χ0n) is 10.9. The molecule has 7 heteroatoms. The molecule has 2 rings (SSSR count). The van der Waals surface area contributed by atoms with Crippen LogP contribution in [0.15, 0.2) is 41.6 Å². The summed E-state index contributed by atoms with van der Waals surface area (Å²) in [6.07, 6.45) is 4.25. The Morgan fingerprint density at radius 3 is 2.75 bits per heavy atom. The maximum Gasteiger partial charge on any atom is 0.240 e. The van der Waals surface area contributed by atoms with Crippen LogP contribution < -0.4 is 9.46 Å². The molecular weight excluding hydrogens is 300 g/mol. The highest BCUT2D eigenvalue weighted by Gasteiger charge is 2.15. The highest BCUT2D eigenvalue weighted by molar-refractivity contribution is 7.89. The number of aromatic amines is 1. The minimum Gasteiger partial charge on any atom is -0.495 e. The summed E-state index contributed by atoms with van der Waals surface area (Å²) in [5.41, 5.74) is 1.04. The first kappa shape index (κ1) is 14.9. The molecule has 0 aliphatic rings. The zero-order chi connectivity index (χ0) is 14.6. The minimum atomic E-state index is -3.56. The van der Waals surface area contributed by atoms with Crippen LogP contribution >= 0.6 is 11.6 Å². The van der Waals surface area contributed by atoms with E-state index in [0.717, 1.165) is 5.56 Å². The van der Waals surface area contributed by atoms with Gasteiger partial charge in [-0.1, -0.05) is 11.6 Å². The quantitative estimate of drug-likeness (QED) is 0.858. The molecule has 0 unspecified atom stereocenters. The summed E-state index contributed by atoms with van der Waals surface area (Å²) in [4.78, 5) is 3.04. The molecule has 1 heterocycles. The van der Waals surface area contributed by atoms with Gasteiger partial charge >= 0.3 is 0 Å². The fourth-order valence-electron chi connectivity index (χ4n) is 1.74. The Morgan fingerprint density at radius 2 is 2.15 bits per heavy atom. The van der Waals surface area contributed by atoms with Gasteiger partial charge in [0.15, 0.2) is 0 Å². The van der Waals surface area contributed by atoms with E-state index in [0.29, 0.717) is 18.7 Å². The lowest BCUT2D eigenvalue weighted by atomic mass is 10.2. The molecule has 5 nitrogen and oxygen atoms in total. The van der Waals surface area contributed by atoms with Crippen LogP contribution in [0.2, 0.25) is 5.02 Å². The third kappa shape index (κ3) is 3.53. The first-order valence-electron chi connectivity index (χ1n) is 5.98. The molecule has 108 valence electrons. The van der Waals surface area contributed by atoms with Gasteiger partial charge in [0.05, 0.1) is 17.0 Å².